The van der Waals surface area contributed by atoms with Crippen molar-refractivity contribution in [1.82, 2.24) is 0 Å². The molecule has 1 aromatic carbocycles. The highest BCUT2D eigenvalue weighted by molar-refractivity contribution is 6.01. The van der Waals surface area contributed by atoms with Crippen molar-refractivity contribution in [1.29, 1.82) is 0 Å². The number of anilines is 1. The number of hydrogen-bond acceptors (Lipinski definition) is 4. The fourth-order valence-corrected chi connectivity index (χ4v) is 1.95. The molecule has 7 nitrogen and oxygen atoms in total. The molecule has 1 saturated carbocycles. The first-order valence-electron chi connectivity index (χ1n) is 6.05. The number of carboxylic acid groups (broad SMARTS) is 1. The minimum absolute atomic E-state index is 0.291. The average molecular weight is 318 g/mol. The lowest BCUT2D eigenvalue weighted by Gasteiger charge is -2.23. The van der Waals surface area contributed by atoms with Gasteiger partial charge in [0.15, 0.2) is 0 Å². The second kappa shape index (κ2) is 5.28. The Morgan fingerprint density at radius 1 is 1.32 bits per heavy atom. The largest absolute Gasteiger partial charge is 0.478 e. The molecule has 10 heteroatoms. The Morgan fingerprint density at radius 3 is 2.32 bits per heavy atom. The van der Waals surface area contributed by atoms with E-state index in [9.17, 15) is 32.9 Å². The lowest BCUT2D eigenvalue weighted by atomic mass is 10.1. The normalized spacial score (nSPS) is 14.5. The van der Waals surface area contributed by atoms with E-state index < -0.39 is 46.0 Å². The maximum Gasteiger partial charge on any atom is 0.471 e. The van der Waals surface area contributed by atoms with E-state index in [0.717, 1.165) is 12.1 Å². The Bertz CT molecular complexity index is 655. The number of nitro groups is 1. The van der Waals surface area contributed by atoms with Crippen molar-refractivity contribution in [3.8, 4) is 0 Å². The predicted octanol–water partition coefficient (Wildman–Crippen LogP) is 2.35. The molecule has 0 aliphatic heterocycles. The van der Waals surface area contributed by atoms with Gasteiger partial charge in [0.2, 0.25) is 0 Å². The number of amides is 1. The first kappa shape index (κ1) is 15.7. The zero-order valence-corrected chi connectivity index (χ0v) is 10.8. The van der Waals surface area contributed by atoms with Crippen LogP contribution in [0, 0.1) is 10.1 Å². The van der Waals surface area contributed by atoms with Crippen LogP contribution in [0.5, 0.6) is 0 Å². The number of hydrogen-bond donors (Lipinski definition) is 1. The molecule has 0 spiro atoms. The first-order valence-corrected chi connectivity index (χ1v) is 6.05. The molecule has 0 radical (unpaired) electrons. The van der Waals surface area contributed by atoms with Gasteiger partial charge in [-0.3, -0.25) is 19.8 Å². The number of alkyl halides is 3. The van der Waals surface area contributed by atoms with E-state index in [1.165, 1.54) is 0 Å². The molecule has 2 rings (SSSR count). The van der Waals surface area contributed by atoms with Crippen molar-refractivity contribution in [2.45, 2.75) is 25.1 Å². The standard InChI is InChI=1S/C12H9F3N2O5/c13-12(14,15)11(20)16(7-2-3-7)8-4-1-6(10(18)19)5-9(8)17(21)22/h1,4-5,7H,2-3H2,(H,18,19). The Morgan fingerprint density at radius 2 is 1.91 bits per heavy atom. The van der Waals surface area contributed by atoms with Gasteiger partial charge in [0.1, 0.15) is 5.69 Å². The van der Waals surface area contributed by atoms with E-state index in [4.69, 9.17) is 5.11 Å². The summed E-state index contributed by atoms with van der Waals surface area (Å²) in [6.07, 6.45) is -4.60. The molecule has 22 heavy (non-hydrogen) atoms. The summed E-state index contributed by atoms with van der Waals surface area (Å²) in [6.45, 7) is 0. The molecule has 0 saturated heterocycles. The summed E-state index contributed by atoms with van der Waals surface area (Å²) in [5, 5.41) is 19.8. The van der Waals surface area contributed by atoms with E-state index >= 15 is 0 Å². The van der Waals surface area contributed by atoms with Gasteiger partial charge in [-0.1, -0.05) is 0 Å². The van der Waals surface area contributed by atoms with Crippen LogP contribution in [0.2, 0.25) is 0 Å². The zero-order valence-electron chi connectivity index (χ0n) is 10.8. The van der Waals surface area contributed by atoms with Gasteiger partial charge < -0.3 is 5.11 Å². The minimum atomic E-state index is -5.18. The quantitative estimate of drug-likeness (QED) is 0.678. The van der Waals surface area contributed by atoms with Crippen LogP contribution in [-0.4, -0.2) is 34.1 Å². The maximum absolute atomic E-state index is 12.7. The van der Waals surface area contributed by atoms with E-state index in [-0.39, 0.29) is 0 Å². The number of nitro benzene ring substituents is 1. The maximum atomic E-state index is 12.7. The summed E-state index contributed by atoms with van der Waals surface area (Å²) in [5.74, 6) is -3.67. The third-order valence-corrected chi connectivity index (χ3v) is 3.05. The van der Waals surface area contributed by atoms with Gasteiger partial charge in [0.25, 0.3) is 5.69 Å². The molecular formula is C12H9F3N2O5. The van der Waals surface area contributed by atoms with Crippen LogP contribution >= 0.6 is 0 Å². The molecule has 1 aliphatic rings. The van der Waals surface area contributed by atoms with Gasteiger partial charge in [-0.25, -0.2) is 4.79 Å². The van der Waals surface area contributed by atoms with Crippen LogP contribution in [0.15, 0.2) is 18.2 Å². The number of carboxylic acids is 1. The molecule has 0 heterocycles. The lowest BCUT2D eigenvalue weighted by Crippen LogP contribution is -2.43. The fourth-order valence-electron chi connectivity index (χ4n) is 1.95. The Kier molecular flexibility index (Phi) is 3.77. The molecule has 1 fully saturated rings. The number of rotatable bonds is 4. The van der Waals surface area contributed by atoms with Crippen molar-refractivity contribution >= 4 is 23.3 Å². The smallest absolute Gasteiger partial charge is 0.471 e. The molecular weight excluding hydrogens is 309 g/mol. The zero-order chi connectivity index (χ0) is 16.7. The summed E-state index contributed by atoms with van der Waals surface area (Å²) < 4.78 is 38.0. The van der Waals surface area contributed by atoms with Crippen LogP contribution in [0.3, 0.4) is 0 Å². The van der Waals surface area contributed by atoms with Gasteiger partial charge in [0.05, 0.1) is 10.5 Å². The Hall–Kier alpha value is -2.65. The van der Waals surface area contributed by atoms with Crippen LogP contribution in [-0.2, 0) is 4.79 Å². The van der Waals surface area contributed by atoms with Crippen LogP contribution in [0.25, 0.3) is 0 Å². The number of halogens is 3. The molecule has 0 atom stereocenters. The van der Waals surface area contributed by atoms with Crippen molar-refractivity contribution in [3.05, 3.63) is 33.9 Å². The van der Waals surface area contributed by atoms with Gasteiger partial charge in [0, 0.05) is 12.1 Å². The summed E-state index contributed by atoms with van der Waals surface area (Å²) in [5.41, 5.74) is -1.87. The van der Waals surface area contributed by atoms with Gasteiger partial charge in [-0.2, -0.15) is 13.2 Å². The second-order valence-corrected chi connectivity index (χ2v) is 4.67. The SMILES string of the molecule is O=C(O)c1ccc(N(C(=O)C(F)(F)F)C2CC2)c([N+](=O)[O-])c1. The summed E-state index contributed by atoms with van der Waals surface area (Å²) in [7, 11) is 0. The highest BCUT2D eigenvalue weighted by Crippen LogP contribution is 2.39. The van der Waals surface area contributed by atoms with Gasteiger partial charge >= 0.3 is 18.1 Å². The van der Waals surface area contributed by atoms with E-state index in [2.05, 4.69) is 0 Å². The van der Waals surface area contributed by atoms with Gasteiger partial charge in [-0.15, -0.1) is 0 Å². The molecule has 1 N–H and O–H groups in total. The highest BCUT2D eigenvalue weighted by atomic mass is 19.4. The average Bonchev–Trinajstić information content (AvgIpc) is 3.22. The van der Waals surface area contributed by atoms with Crippen LogP contribution in [0.4, 0.5) is 24.5 Å². The third-order valence-electron chi connectivity index (χ3n) is 3.05. The fraction of sp³-hybridized carbons (Fsp3) is 0.333. The summed E-state index contributed by atoms with van der Waals surface area (Å²) in [4.78, 5) is 32.6. The second-order valence-electron chi connectivity index (χ2n) is 4.67. The third kappa shape index (κ3) is 3.00. The Balaban J connectivity index is 2.55. The number of aromatic carboxylic acids is 1. The van der Waals surface area contributed by atoms with Crippen molar-refractivity contribution in [3.63, 3.8) is 0 Å². The van der Waals surface area contributed by atoms with Gasteiger partial charge in [-0.05, 0) is 25.0 Å². The molecule has 1 aliphatic carbocycles. The predicted molar refractivity (Wildman–Crippen MR) is 66.6 cm³/mol. The molecule has 1 aromatic rings. The lowest BCUT2D eigenvalue weighted by molar-refractivity contribution is -0.384. The van der Waals surface area contributed by atoms with Crippen LogP contribution < -0.4 is 4.90 Å². The summed E-state index contributed by atoms with van der Waals surface area (Å²) >= 11 is 0. The molecule has 0 unspecified atom stereocenters. The molecule has 1 amide bonds. The van der Waals surface area contributed by atoms with Crippen molar-refractivity contribution < 1.29 is 32.8 Å². The monoisotopic (exact) mass is 318 g/mol. The number of carbonyl (C=O) groups excluding carboxylic acids is 1. The Labute approximate surface area is 121 Å². The molecule has 0 bridgehead atoms. The summed E-state index contributed by atoms with van der Waals surface area (Å²) in [6, 6.07) is 1.63. The van der Waals surface area contributed by atoms with E-state index in [1.807, 2.05) is 0 Å². The number of benzene rings is 1. The number of nitrogens with zero attached hydrogens (tertiary/aromatic N) is 2. The van der Waals surface area contributed by atoms with Crippen LogP contribution in [0.1, 0.15) is 23.2 Å². The molecule has 0 aromatic heterocycles. The number of carbonyl (C=O) groups is 2. The topological polar surface area (TPSA) is 101 Å². The van der Waals surface area contributed by atoms with E-state index in [1.54, 1.807) is 0 Å². The minimum Gasteiger partial charge on any atom is -0.478 e. The van der Waals surface area contributed by atoms with Crippen molar-refractivity contribution in [2.24, 2.45) is 0 Å². The van der Waals surface area contributed by atoms with E-state index in [0.29, 0.717) is 23.8 Å². The first-order chi connectivity index (χ1) is 10.1. The van der Waals surface area contributed by atoms with Crippen molar-refractivity contribution in [2.75, 3.05) is 4.90 Å². The highest BCUT2D eigenvalue weighted by Gasteiger charge is 2.49. The molecule has 118 valence electrons.